The smallest absolute Gasteiger partial charge is 0.212 e. The number of nitrogens with zero attached hydrogens (tertiary/aromatic N) is 3. The van der Waals surface area contributed by atoms with E-state index < -0.39 is 0 Å². The maximum absolute atomic E-state index is 6.28. The summed E-state index contributed by atoms with van der Waals surface area (Å²) in [5, 5.41) is 4.56. The predicted molar refractivity (Wildman–Crippen MR) is 83.5 cm³/mol. The molecule has 114 valence electrons. The number of nitrogens with two attached hydrogens (primary N) is 1. The summed E-state index contributed by atoms with van der Waals surface area (Å²) in [6.45, 7) is 5.11. The van der Waals surface area contributed by atoms with Gasteiger partial charge in [-0.2, -0.15) is 5.10 Å². The summed E-state index contributed by atoms with van der Waals surface area (Å²) >= 11 is 0. The summed E-state index contributed by atoms with van der Waals surface area (Å²) in [7, 11) is 1.62. The normalized spacial score (nSPS) is 12.4. The maximum atomic E-state index is 6.28. The van der Waals surface area contributed by atoms with Crippen molar-refractivity contribution >= 4 is 0 Å². The summed E-state index contributed by atoms with van der Waals surface area (Å²) in [4.78, 5) is 4.21. The number of rotatable bonds is 7. The quantitative estimate of drug-likeness (QED) is 0.846. The molecule has 0 aromatic carbocycles. The molecule has 0 radical (unpaired) electrons. The minimum atomic E-state index is 0.0619. The van der Waals surface area contributed by atoms with Gasteiger partial charge in [-0.1, -0.05) is 13.0 Å². The fourth-order valence-corrected chi connectivity index (χ4v) is 2.42. The molecule has 0 aliphatic carbocycles. The van der Waals surface area contributed by atoms with Crippen LogP contribution in [0.15, 0.2) is 24.4 Å². The molecule has 0 saturated heterocycles. The Labute approximate surface area is 126 Å². The summed E-state index contributed by atoms with van der Waals surface area (Å²) in [5.74, 6) is 0.629. The van der Waals surface area contributed by atoms with Crippen molar-refractivity contribution in [2.24, 2.45) is 5.73 Å². The maximum Gasteiger partial charge on any atom is 0.212 e. The van der Waals surface area contributed by atoms with Crippen LogP contribution in [0.4, 0.5) is 0 Å². The van der Waals surface area contributed by atoms with Crippen LogP contribution in [0.1, 0.15) is 30.8 Å². The molecule has 2 N–H and O–H groups in total. The molecule has 0 aliphatic heterocycles. The summed E-state index contributed by atoms with van der Waals surface area (Å²) < 4.78 is 7.11. The number of hydrogen-bond donors (Lipinski definition) is 1. The summed E-state index contributed by atoms with van der Waals surface area (Å²) in [6, 6.07) is 6.11. The van der Waals surface area contributed by atoms with E-state index in [9.17, 15) is 0 Å². The fraction of sp³-hybridized carbons (Fsp3) is 0.500. The predicted octanol–water partition coefficient (Wildman–Crippen LogP) is 1.98. The van der Waals surface area contributed by atoms with Crippen molar-refractivity contribution in [1.82, 2.24) is 14.8 Å². The molecular weight excluding hydrogens is 264 g/mol. The zero-order chi connectivity index (χ0) is 15.2. The average molecular weight is 288 g/mol. The Hall–Kier alpha value is -1.88. The number of methoxy groups -OCH3 is 1. The minimum absolute atomic E-state index is 0.0619. The van der Waals surface area contributed by atoms with Gasteiger partial charge < -0.3 is 10.5 Å². The number of pyridine rings is 1. The highest BCUT2D eigenvalue weighted by Gasteiger charge is 2.11. The van der Waals surface area contributed by atoms with Gasteiger partial charge in [-0.05, 0) is 31.4 Å². The van der Waals surface area contributed by atoms with E-state index in [-0.39, 0.29) is 6.04 Å². The Kier molecular flexibility index (Phi) is 5.33. The van der Waals surface area contributed by atoms with Crippen molar-refractivity contribution in [2.75, 3.05) is 7.11 Å². The van der Waals surface area contributed by atoms with Crippen LogP contribution in [0.5, 0.6) is 5.88 Å². The minimum Gasteiger partial charge on any atom is -0.481 e. The Bertz CT molecular complexity index is 562. The van der Waals surface area contributed by atoms with Crippen molar-refractivity contribution in [3.05, 3.63) is 41.3 Å². The van der Waals surface area contributed by atoms with Gasteiger partial charge in [0.1, 0.15) is 0 Å². The first-order valence-corrected chi connectivity index (χ1v) is 7.46. The molecule has 0 fully saturated rings. The third kappa shape index (κ3) is 4.04. The molecule has 21 heavy (non-hydrogen) atoms. The zero-order valence-corrected chi connectivity index (χ0v) is 13.0. The fourth-order valence-electron chi connectivity index (χ4n) is 2.42. The van der Waals surface area contributed by atoms with Crippen LogP contribution < -0.4 is 10.5 Å². The molecule has 0 bridgehead atoms. The van der Waals surface area contributed by atoms with Crippen molar-refractivity contribution < 1.29 is 4.74 Å². The Morgan fingerprint density at radius 3 is 2.67 bits per heavy atom. The van der Waals surface area contributed by atoms with E-state index in [1.54, 1.807) is 7.11 Å². The van der Waals surface area contributed by atoms with Crippen LogP contribution in [0.2, 0.25) is 0 Å². The van der Waals surface area contributed by atoms with Gasteiger partial charge in [0.05, 0.1) is 12.8 Å². The highest BCUT2D eigenvalue weighted by molar-refractivity contribution is 5.19. The molecule has 2 aromatic rings. The van der Waals surface area contributed by atoms with E-state index in [0.29, 0.717) is 5.88 Å². The standard InChI is InChI=1S/C16H24N4O/c1-4-14-10-15(20(5-2)19-14)9-13(17)8-12-6-7-16(21-3)18-11-12/h6-7,10-11,13H,4-5,8-9,17H2,1-3H3. The lowest BCUT2D eigenvalue weighted by atomic mass is 10.0. The van der Waals surface area contributed by atoms with E-state index in [4.69, 9.17) is 10.5 Å². The van der Waals surface area contributed by atoms with Crippen molar-refractivity contribution in [3.8, 4) is 5.88 Å². The van der Waals surface area contributed by atoms with E-state index in [1.165, 1.54) is 5.69 Å². The van der Waals surface area contributed by atoms with E-state index in [2.05, 4.69) is 30.0 Å². The molecule has 0 amide bonds. The Morgan fingerprint density at radius 1 is 1.29 bits per heavy atom. The molecular formula is C16H24N4O. The number of aryl methyl sites for hydroxylation is 2. The first-order chi connectivity index (χ1) is 10.2. The van der Waals surface area contributed by atoms with Gasteiger partial charge in [0.15, 0.2) is 0 Å². The Morgan fingerprint density at radius 2 is 2.10 bits per heavy atom. The molecule has 0 spiro atoms. The van der Waals surface area contributed by atoms with E-state index in [0.717, 1.165) is 37.1 Å². The topological polar surface area (TPSA) is 66.0 Å². The number of aromatic nitrogens is 3. The van der Waals surface area contributed by atoms with Gasteiger partial charge in [0.25, 0.3) is 0 Å². The molecule has 2 rings (SSSR count). The molecule has 0 saturated carbocycles. The van der Waals surface area contributed by atoms with Gasteiger partial charge in [0, 0.05) is 37.0 Å². The first kappa shape index (κ1) is 15.5. The van der Waals surface area contributed by atoms with E-state index in [1.807, 2.05) is 23.0 Å². The zero-order valence-electron chi connectivity index (χ0n) is 13.0. The molecule has 2 aromatic heterocycles. The lowest BCUT2D eigenvalue weighted by Gasteiger charge is -2.12. The number of ether oxygens (including phenoxy) is 1. The Balaban J connectivity index is 2.00. The van der Waals surface area contributed by atoms with Gasteiger partial charge in [-0.15, -0.1) is 0 Å². The number of hydrogen-bond acceptors (Lipinski definition) is 4. The third-order valence-electron chi connectivity index (χ3n) is 3.55. The first-order valence-electron chi connectivity index (χ1n) is 7.46. The second kappa shape index (κ2) is 7.22. The van der Waals surface area contributed by atoms with Crippen molar-refractivity contribution in [1.29, 1.82) is 0 Å². The lowest BCUT2D eigenvalue weighted by Crippen LogP contribution is -2.27. The lowest BCUT2D eigenvalue weighted by molar-refractivity contribution is 0.397. The van der Waals surface area contributed by atoms with Crippen molar-refractivity contribution in [3.63, 3.8) is 0 Å². The van der Waals surface area contributed by atoms with Crippen LogP contribution in [0, 0.1) is 0 Å². The molecule has 1 atom stereocenters. The highest BCUT2D eigenvalue weighted by Crippen LogP contribution is 2.12. The highest BCUT2D eigenvalue weighted by atomic mass is 16.5. The van der Waals surface area contributed by atoms with E-state index >= 15 is 0 Å². The summed E-state index contributed by atoms with van der Waals surface area (Å²) in [6.07, 6.45) is 4.41. The monoisotopic (exact) mass is 288 g/mol. The molecule has 2 heterocycles. The second-order valence-corrected chi connectivity index (χ2v) is 5.17. The van der Waals surface area contributed by atoms with Crippen molar-refractivity contribution in [2.45, 2.75) is 45.7 Å². The third-order valence-corrected chi connectivity index (χ3v) is 3.55. The summed E-state index contributed by atoms with van der Waals surface area (Å²) in [5.41, 5.74) is 9.75. The van der Waals surface area contributed by atoms with Gasteiger partial charge >= 0.3 is 0 Å². The van der Waals surface area contributed by atoms with Crippen LogP contribution in [0.3, 0.4) is 0 Å². The van der Waals surface area contributed by atoms with Gasteiger partial charge in [-0.25, -0.2) is 4.98 Å². The van der Waals surface area contributed by atoms with Gasteiger partial charge in [0.2, 0.25) is 5.88 Å². The van der Waals surface area contributed by atoms with Gasteiger partial charge in [-0.3, -0.25) is 4.68 Å². The molecule has 1 unspecified atom stereocenters. The molecule has 0 aliphatic rings. The SMILES string of the molecule is CCc1cc(CC(N)Cc2ccc(OC)nc2)n(CC)n1. The van der Waals surface area contributed by atoms with Crippen LogP contribution in [0.25, 0.3) is 0 Å². The second-order valence-electron chi connectivity index (χ2n) is 5.17. The van der Waals surface area contributed by atoms with Crippen LogP contribution >= 0.6 is 0 Å². The molecule has 5 heteroatoms. The van der Waals surface area contributed by atoms with Crippen LogP contribution in [-0.2, 0) is 25.8 Å². The largest absolute Gasteiger partial charge is 0.481 e. The molecule has 5 nitrogen and oxygen atoms in total. The van der Waals surface area contributed by atoms with Crippen LogP contribution in [-0.4, -0.2) is 27.9 Å². The average Bonchev–Trinajstić information content (AvgIpc) is 2.90.